The highest BCUT2D eigenvalue weighted by molar-refractivity contribution is 5.39. The molecule has 1 aliphatic carbocycles. The third kappa shape index (κ3) is 3.55. The fourth-order valence-corrected chi connectivity index (χ4v) is 2.30. The topological polar surface area (TPSA) is 18.5 Å². The summed E-state index contributed by atoms with van der Waals surface area (Å²) in [7, 11) is 0. The zero-order valence-electron chi connectivity index (χ0n) is 10.7. The third-order valence-corrected chi connectivity index (χ3v) is 3.31. The zero-order valence-corrected chi connectivity index (χ0v) is 10.7. The summed E-state index contributed by atoms with van der Waals surface area (Å²) in [6.07, 6.45) is 16.1. The van der Waals surface area contributed by atoms with Gasteiger partial charge >= 0.3 is 0 Å². The molecule has 94 valence electrons. The number of allylic oxidation sites excluding steroid dienone is 5. The number of unbranched alkanes of at least 4 members (excludes halogenated alkanes) is 2. The minimum atomic E-state index is -0.341. The zero-order chi connectivity index (χ0) is 12.0. The number of ether oxygens (including phenoxy) is 2. The maximum atomic E-state index is 5.83. The van der Waals surface area contributed by atoms with Crippen molar-refractivity contribution in [3.05, 3.63) is 36.0 Å². The second kappa shape index (κ2) is 6.18. The van der Waals surface area contributed by atoms with E-state index in [1.54, 1.807) is 0 Å². The van der Waals surface area contributed by atoms with E-state index in [2.05, 4.69) is 37.3 Å². The molecule has 2 aliphatic rings. The van der Waals surface area contributed by atoms with Crippen LogP contribution in [0.3, 0.4) is 0 Å². The molecule has 0 bridgehead atoms. The summed E-state index contributed by atoms with van der Waals surface area (Å²) in [6, 6.07) is 0. The lowest BCUT2D eigenvalue weighted by atomic mass is 10.0. The van der Waals surface area contributed by atoms with Crippen LogP contribution in [-0.2, 0) is 9.47 Å². The molecule has 0 atom stereocenters. The van der Waals surface area contributed by atoms with Crippen LogP contribution in [0.2, 0.25) is 0 Å². The molecule has 0 saturated carbocycles. The first-order valence-electron chi connectivity index (χ1n) is 6.67. The maximum Gasteiger partial charge on any atom is 0.171 e. The summed E-state index contributed by atoms with van der Waals surface area (Å²) >= 11 is 0. The molecular formula is C15H22O2. The van der Waals surface area contributed by atoms with Crippen LogP contribution in [0.25, 0.3) is 0 Å². The average molecular weight is 234 g/mol. The van der Waals surface area contributed by atoms with Crippen molar-refractivity contribution in [3.8, 4) is 0 Å². The molecule has 1 saturated heterocycles. The standard InChI is InChI=1S/C15H22O2/c1-2-3-6-10-15(16-12-13-17-15)11-9-14-7-4-5-8-14/h4-5,7-9H,2-3,6,10-13H2,1H3. The molecule has 0 aromatic rings. The van der Waals surface area contributed by atoms with Crippen molar-refractivity contribution in [1.29, 1.82) is 0 Å². The molecule has 0 amide bonds. The Labute approximate surface area is 104 Å². The third-order valence-electron chi connectivity index (χ3n) is 3.31. The Kier molecular flexibility index (Phi) is 4.57. The quantitative estimate of drug-likeness (QED) is 0.652. The van der Waals surface area contributed by atoms with Crippen LogP contribution < -0.4 is 0 Å². The van der Waals surface area contributed by atoms with Gasteiger partial charge in [0.15, 0.2) is 5.79 Å². The van der Waals surface area contributed by atoms with Crippen LogP contribution in [0.4, 0.5) is 0 Å². The van der Waals surface area contributed by atoms with E-state index >= 15 is 0 Å². The monoisotopic (exact) mass is 234 g/mol. The van der Waals surface area contributed by atoms with Crippen LogP contribution in [-0.4, -0.2) is 19.0 Å². The summed E-state index contributed by atoms with van der Waals surface area (Å²) in [6.45, 7) is 3.70. The highest BCUT2D eigenvalue weighted by atomic mass is 16.7. The largest absolute Gasteiger partial charge is 0.347 e. The first kappa shape index (κ1) is 12.6. The minimum Gasteiger partial charge on any atom is -0.347 e. The van der Waals surface area contributed by atoms with Crippen LogP contribution in [0.1, 0.15) is 39.0 Å². The minimum absolute atomic E-state index is 0.341. The summed E-state index contributed by atoms with van der Waals surface area (Å²) in [5.74, 6) is -0.341. The van der Waals surface area contributed by atoms with Crippen molar-refractivity contribution in [1.82, 2.24) is 0 Å². The lowest BCUT2D eigenvalue weighted by molar-refractivity contribution is -0.160. The maximum absolute atomic E-state index is 5.83. The smallest absolute Gasteiger partial charge is 0.171 e. The fourth-order valence-electron chi connectivity index (χ4n) is 2.30. The van der Waals surface area contributed by atoms with Crippen molar-refractivity contribution < 1.29 is 9.47 Å². The Morgan fingerprint density at radius 2 is 1.88 bits per heavy atom. The summed E-state index contributed by atoms with van der Waals surface area (Å²) < 4.78 is 11.7. The van der Waals surface area contributed by atoms with Crippen molar-refractivity contribution >= 4 is 0 Å². The van der Waals surface area contributed by atoms with Gasteiger partial charge in [-0.1, -0.05) is 50.1 Å². The van der Waals surface area contributed by atoms with E-state index in [0.29, 0.717) is 0 Å². The van der Waals surface area contributed by atoms with Gasteiger partial charge in [0.1, 0.15) is 0 Å². The highest BCUT2D eigenvalue weighted by Crippen LogP contribution is 2.30. The molecule has 1 fully saturated rings. The first-order chi connectivity index (χ1) is 8.35. The van der Waals surface area contributed by atoms with Crippen molar-refractivity contribution in [2.45, 2.75) is 44.8 Å². The Bertz CT molecular complexity index is 306. The fraction of sp³-hybridized carbons (Fsp3) is 0.600. The van der Waals surface area contributed by atoms with Gasteiger partial charge in [-0.05, 0) is 12.0 Å². The van der Waals surface area contributed by atoms with Gasteiger partial charge in [0.05, 0.1) is 13.2 Å². The van der Waals surface area contributed by atoms with E-state index in [0.717, 1.165) is 26.1 Å². The predicted molar refractivity (Wildman–Crippen MR) is 69.8 cm³/mol. The van der Waals surface area contributed by atoms with E-state index in [4.69, 9.17) is 9.47 Å². The second-order valence-electron chi connectivity index (χ2n) is 4.69. The average Bonchev–Trinajstić information content (AvgIpc) is 2.99. The molecule has 2 rings (SSSR count). The number of hydrogen-bond donors (Lipinski definition) is 0. The summed E-state index contributed by atoms with van der Waals surface area (Å²) in [4.78, 5) is 0. The summed E-state index contributed by atoms with van der Waals surface area (Å²) in [5.41, 5.74) is 1.26. The van der Waals surface area contributed by atoms with E-state index < -0.39 is 0 Å². The molecule has 0 N–H and O–H groups in total. The van der Waals surface area contributed by atoms with Crippen molar-refractivity contribution in [2.24, 2.45) is 0 Å². The Balaban J connectivity index is 1.89. The molecule has 1 heterocycles. The Morgan fingerprint density at radius 1 is 1.18 bits per heavy atom. The Hall–Kier alpha value is -0.860. The van der Waals surface area contributed by atoms with Crippen molar-refractivity contribution in [2.75, 3.05) is 13.2 Å². The van der Waals surface area contributed by atoms with Crippen LogP contribution in [0.15, 0.2) is 36.0 Å². The van der Waals surface area contributed by atoms with Crippen LogP contribution in [0.5, 0.6) is 0 Å². The van der Waals surface area contributed by atoms with E-state index in [1.165, 1.54) is 24.8 Å². The van der Waals surface area contributed by atoms with Gasteiger partial charge < -0.3 is 9.47 Å². The predicted octanol–water partition coefficient (Wildman–Crippen LogP) is 3.75. The molecular weight excluding hydrogens is 212 g/mol. The van der Waals surface area contributed by atoms with Gasteiger partial charge in [-0.2, -0.15) is 0 Å². The van der Waals surface area contributed by atoms with Crippen LogP contribution >= 0.6 is 0 Å². The first-order valence-corrected chi connectivity index (χ1v) is 6.67. The van der Waals surface area contributed by atoms with E-state index in [-0.39, 0.29) is 5.79 Å². The molecule has 0 aromatic heterocycles. The molecule has 0 radical (unpaired) electrons. The van der Waals surface area contributed by atoms with Gasteiger partial charge in [0, 0.05) is 12.8 Å². The van der Waals surface area contributed by atoms with Gasteiger partial charge in [-0.3, -0.25) is 0 Å². The molecule has 2 heteroatoms. The lowest BCUT2D eigenvalue weighted by Gasteiger charge is -2.26. The molecule has 0 aromatic carbocycles. The lowest BCUT2D eigenvalue weighted by Crippen LogP contribution is -2.29. The van der Waals surface area contributed by atoms with Gasteiger partial charge in [-0.25, -0.2) is 0 Å². The van der Waals surface area contributed by atoms with E-state index in [9.17, 15) is 0 Å². The van der Waals surface area contributed by atoms with Crippen molar-refractivity contribution in [3.63, 3.8) is 0 Å². The number of hydrogen-bond acceptors (Lipinski definition) is 2. The van der Waals surface area contributed by atoms with Gasteiger partial charge in [0.25, 0.3) is 0 Å². The molecule has 0 spiro atoms. The van der Waals surface area contributed by atoms with Gasteiger partial charge in [0.2, 0.25) is 0 Å². The van der Waals surface area contributed by atoms with Gasteiger partial charge in [-0.15, -0.1) is 0 Å². The second-order valence-corrected chi connectivity index (χ2v) is 4.69. The molecule has 2 nitrogen and oxygen atoms in total. The SMILES string of the molecule is CCCCCC1(CC=C2C=CC=C2)OCCO1. The highest BCUT2D eigenvalue weighted by Gasteiger charge is 2.34. The molecule has 17 heavy (non-hydrogen) atoms. The summed E-state index contributed by atoms with van der Waals surface area (Å²) in [5, 5.41) is 0. The number of rotatable bonds is 6. The molecule has 1 aliphatic heterocycles. The van der Waals surface area contributed by atoms with Crippen LogP contribution in [0, 0.1) is 0 Å². The normalized spacial score (nSPS) is 21.4. The van der Waals surface area contributed by atoms with E-state index in [1.807, 2.05) is 0 Å². The molecule has 0 unspecified atom stereocenters. The Morgan fingerprint density at radius 3 is 2.53 bits per heavy atom.